The second-order valence-corrected chi connectivity index (χ2v) is 9.67. The molecule has 38 heavy (non-hydrogen) atoms. The Bertz CT molecular complexity index is 1760. The molecule has 1 unspecified atom stereocenters. The zero-order valence-electron chi connectivity index (χ0n) is 20.6. The Hall–Kier alpha value is -5.09. The average molecular weight is 488 g/mol. The number of anilines is 2. The number of fused-ring (bicyclic) bond motifs is 5. The van der Waals surface area contributed by atoms with Crippen LogP contribution in [0.25, 0.3) is 28.1 Å². The highest BCUT2D eigenvalue weighted by molar-refractivity contribution is 6.21. The predicted molar refractivity (Wildman–Crippen MR) is 155 cm³/mol. The molecule has 1 atom stereocenters. The molecule has 0 fully saturated rings. The number of hydrogen-bond donors (Lipinski definition) is 0. The monoisotopic (exact) mass is 487 g/mol. The van der Waals surface area contributed by atoms with E-state index in [2.05, 4.69) is 125 Å². The molecule has 0 N–H and O–H groups in total. The molecule has 1 aliphatic carbocycles. The summed E-state index contributed by atoms with van der Waals surface area (Å²) in [6.07, 6.45) is 8.38. The van der Waals surface area contributed by atoms with Gasteiger partial charge >= 0.3 is 0 Å². The van der Waals surface area contributed by atoms with Gasteiger partial charge in [-0.05, 0) is 17.7 Å². The van der Waals surface area contributed by atoms with Crippen LogP contribution in [0.4, 0.5) is 22.7 Å². The largest absolute Gasteiger partial charge is 0.318 e. The first-order chi connectivity index (χ1) is 18.9. The first-order valence-corrected chi connectivity index (χ1v) is 12.9. The molecule has 4 aromatic carbocycles. The Morgan fingerprint density at radius 1 is 0.632 bits per heavy atom. The molecule has 2 aliphatic heterocycles. The zero-order valence-corrected chi connectivity index (χ0v) is 20.6. The maximum Gasteiger partial charge on any atom is 0.264 e. The van der Waals surface area contributed by atoms with Gasteiger partial charge in [0.15, 0.2) is 0 Å². The van der Waals surface area contributed by atoms with Crippen LogP contribution in [-0.2, 0) is 0 Å². The Morgan fingerprint density at radius 3 is 1.95 bits per heavy atom. The number of nitrogens with zero attached hydrogens (tertiary/aromatic N) is 4. The van der Waals surface area contributed by atoms with Crippen LogP contribution < -0.4 is 9.48 Å². The highest BCUT2D eigenvalue weighted by Crippen LogP contribution is 2.53. The van der Waals surface area contributed by atoms with E-state index in [4.69, 9.17) is 9.97 Å². The van der Waals surface area contributed by atoms with Gasteiger partial charge in [-0.3, -0.25) is 0 Å². The summed E-state index contributed by atoms with van der Waals surface area (Å²) in [7, 11) is 0. The molecule has 3 heterocycles. The second-order valence-electron chi connectivity index (χ2n) is 9.67. The minimum atomic E-state index is 0.0692. The minimum Gasteiger partial charge on any atom is -0.318 e. The van der Waals surface area contributed by atoms with E-state index >= 15 is 0 Å². The number of para-hydroxylation sites is 3. The van der Waals surface area contributed by atoms with Crippen LogP contribution in [0.15, 0.2) is 134 Å². The van der Waals surface area contributed by atoms with E-state index in [0.29, 0.717) is 0 Å². The van der Waals surface area contributed by atoms with Crippen molar-refractivity contribution < 1.29 is 0 Å². The zero-order chi connectivity index (χ0) is 25.1. The summed E-state index contributed by atoms with van der Waals surface area (Å²) in [5, 5.41) is 0. The third kappa shape index (κ3) is 2.94. The van der Waals surface area contributed by atoms with Gasteiger partial charge in [0.25, 0.3) is 5.69 Å². The molecule has 0 bridgehead atoms. The summed E-state index contributed by atoms with van der Waals surface area (Å²) in [4.78, 5) is 12.3. The lowest BCUT2D eigenvalue weighted by molar-refractivity contribution is 0.923. The lowest BCUT2D eigenvalue weighted by atomic mass is 9.91. The van der Waals surface area contributed by atoms with E-state index in [9.17, 15) is 0 Å². The molecule has 0 saturated carbocycles. The van der Waals surface area contributed by atoms with E-state index in [1.54, 1.807) is 6.33 Å². The molecule has 8 rings (SSSR count). The van der Waals surface area contributed by atoms with E-state index in [1.165, 1.54) is 28.2 Å². The molecule has 3 aliphatic rings. The Morgan fingerprint density at radius 2 is 1.24 bits per heavy atom. The summed E-state index contributed by atoms with van der Waals surface area (Å²) >= 11 is 0. The summed E-state index contributed by atoms with van der Waals surface area (Å²) in [5.41, 5.74) is 12.3. The van der Waals surface area contributed by atoms with Gasteiger partial charge < -0.3 is 4.90 Å². The molecule has 178 valence electrons. The summed E-state index contributed by atoms with van der Waals surface area (Å²) < 4.78 is 2.40. The number of aromatic nitrogens is 2. The Kier molecular flexibility index (Phi) is 4.55. The van der Waals surface area contributed by atoms with Gasteiger partial charge in [0.2, 0.25) is 11.4 Å². The van der Waals surface area contributed by atoms with Crippen molar-refractivity contribution in [3.63, 3.8) is 0 Å². The van der Waals surface area contributed by atoms with Gasteiger partial charge in [0, 0.05) is 28.8 Å². The smallest absolute Gasteiger partial charge is 0.264 e. The normalized spacial score (nSPS) is 16.6. The van der Waals surface area contributed by atoms with Gasteiger partial charge in [0.1, 0.15) is 29.4 Å². The van der Waals surface area contributed by atoms with Crippen molar-refractivity contribution in [3.8, 4) is 22.5 Å². The van der Waals surface area contributed by atoms with Gasteiger partial charge in [-0.25, -0.2) is 9.97 Å². The highest BCUT2D eigenvalue weighted by atomic mass is 15.3. The van der Waals surface area contributed by atoms with Gasteiger partial charge in [-0.15, -0.1) is 4.58 Å². The van der Waals surface area contributed by atoms with Crippen molar-refractivity contribution in [2.75, 3.05) is 4.90 Å². The van der Waals surface area contributed by atoms with Crippen molar-refractivity contribution >= 4 is 34.0 Å². The molecule has 5 aromatic rings. The fourth-order valence-corrected chi connectivity index (χ4v) is 6.08. The minimum absolute atomic E-state index is 0.0692. The quantitative estimate of drug-likeness (QED) is 0.246. The second kappa shape index (κ2) is 8.22. The molecule has 0 amide bonds. The Labute approximate surface area is 221 Å². The first-order valence-electron chi connectivity index (χ1n) is 12.9. The predicted octanol–water partition coefficient (Wildman–Crippen LogP) is 7.57. The van der Waals surface area contributed by atoms with E-state index < -0.39 is 0 Å². The van der Waals surface area contributed by atoms with Crippen molar-refractivity contribution in [2.45, 2.75) is 6.04 Å². The molecule has 0 spiro atoms. The van der Waals surface area contributed by atoms with Crippen LogP contribution in [0.1, 0.15) is 5.56 Å². The molecule has 0 radical (unpaired) electrons. The maximum atomic E-state index is 4.90. The van der Waals surface area contributed by atoms with Crippen LogP contribution in [0, 0.1) is 0 Å². The fraction of sp³-hybridized carbons (Fsp3) is 0.0294. The lowest BCUT2D eigenvalue weighted by Crippen LogP contribution is -2.43. The molecule has 0 saturated heterocycles. The van der Waals surface area contributed by atoms with Crippen molar-refractivity contribution in [2.24, 2.45) is 0 Å². The molecule has 4 heteroatoms. The molecular weight excluding hydrogens is 464 g/mol. The lowest BCUT2D eigenvalue weighted by Gasteiger charge is -2.33. The van der Waals surface area contributed by atoms with Gasteiger partial charge in [0.05, 0.1) is 5.69 Å². The fourth-order valence-electron chi connectivity index (χ4n) is 6.08. The van der Waals surface area contributed by atoms with Crippen LogP contribution in [-0.4, -0.2) is 21.7 Å². The van der Waals surface area contributed by atoms with Crippen molar-refractivity contribution in [1.29, 1.82) is 0 Å². The van der Waals surface area contributed by atoms with E-state index in [1.807, 2.05) is 12.1 Å². The van der Waals surface area contributed by atoms with Gasteiger partial charge in [-0.2, -0.15) is 0 Å². The van der Waals surface area contributed by atoms with Crippen LogP contribution in [0.5, 0.6) is 0 Å². The van der Waals surface area contributed by atoms with Crippen LogP contribution in [0.3, 0.4) is 0 Å². The number of benzene rings is 4. The average Bonchev–Trinajstić information content (AvgIpc) is 3.34. The Balaban J connectivity index is 1.50. The van der Waals surface area contributed by atoms with Crippen molar-refractivity contribution in [3.05, 3.63) is 139 Å². The highest BCUT2D eigenvalue weighted by Gasteiger charge is 2.49. The standard InChI is InChI=1S/C34H23N4/c1-3-12-23(13-4-1)31-34(32(36-22-35-31)24-14-5-2-6-15-24)38-29-20-10-9-19-28(29)37-27-18-8-7-16-25(27)26-17-11-21-30(38)33(26)37/h1-22,33H/q+1. The number of rotatable bonds is 3. The summed E-state index contributed by atoms with van der Waals surface area (Å²) in [6, 6.07) is 38.3. The molecular formula is C34H23N4+. The topological polar surface area (TPSA) is 32.0 Å². The summed E-state index contributed by atoms with van der Waals surface area (Å²) in [6.45, 7) is 0. The van der Waals surface area contributed by atoms with Crippen LogP contribution in [0.2, 0.25) is 0 Å². The first kappa shape index (κ1) is 21.0. The van der Waals surface area contributed by atoms with Crippen molar-refractivity contribution in [1.82, 2.24) is 14.5 Å². The maximum absolute atomic E-state index is 4.90. The third-order valence-electron chi connectivity index (χ3n) is 7.63. The van der Waals surface area contributed by atoms with Crippen LogP contribution >= 0.6 is 0 Å². The SMILES string of the molecule is C1=CC2=[N+](c3c(-c4ccccc4)ncnc3-c3ccccc3)c3ccccc3N3c4ccccc4C(=C1)C23. The number of hydrogen-bond acceptors (Lipinski definition) is 3. The van der Waals surface area contributed by atoms with Gasteiger partial charge in [-0.1, -0.05) is 103 Å². The summed E-state index contributed by atoms with van der Waals surface area (Å²) in [5.74, 6) is 0. The van der Waals surface area contributed by atoms with E-state index in [0.717, 1.165) is 33.9 Å². The number of allylic oxidation sites excluding steroid dienone is 2. The molecule has 1 aromatic heterocycles. The van der Waals surface area contributed by atoms with E-state index in [-0.39, 0.29) is 6.04 Å². The molecule has 4 nitrogen and oxygen atoms in total. The third-order valence-corrected chi connectivity index (χ3v) is 7.63.